The predicted octanol–water partition coefficient (Wildman–Crippen LogP) is 1.82. The molecule has 0 aromatic carbocycles. The van der Waals surface area contributed by atoms with Crippen molar-refractivity contribution in [3.63, 3.8) is 0 Å². The molecule has 4 heterocycles. The molecular weight excluding hydrogens is 506 g/mol. The number of hydrogen-bond acceptors (Lipinski definition) is 9. The fourth-order valence-corrected chi connectivity index (χ4v) is 4.82. The summed E-state index contributed by atoms with van der Waals surface area (Å²) in [5, 5.41) is 15.9. The molecule has 12 nitrogen and oxygen atoms in total. The molecule has 2 aromatic rings. The zero-order valence-electron chi connectivity index (χ0n) is 23.3. The van der Waals surface area contributed by atoms with Crippen LogP contribution in [0.3, 0.4) is 0 Å². The molecule has 0 radical (unpaired) electrons. The van der Waals surface area contributed by atoms with Crippen LogP contribution in [0.15, 0.2) is 22.8 Å². The van der Waals surface area contributed by atoms with Crippen molar-refractivity contribution in [2.75, 3.05) is 50.2 Å². The fourth-order valence-electron chi connectivity index (χ4n) is 4.82. The summed E-state index contributed by atoms with van der Waals surface area (Å²) in [6, 6.07) is 3.27. The first-order chi connectivity index (χ1) is 18.3. The topological polar surface area (TPSA) is 146 Å². The summed E-state index contributed by atoms with van der Waals surface area (Å²) in [6.07, 6.45) is 1.74. The Morgan fingerprint density at radius 2 is 2.05 bits per heavy atom. The zero-order valence-corrected chi connectivity index (χ0v) is 23.3. The average Bonchev–Trinajstić information content (AvgIpc) is 3.26. The predicted molar refractivity (Wildman–Crippen MR) is 143 cm³/mol. The van der Waals surface area contributed by atoms with Crippen LogP contribution in [0.4, 0.5) is 11.5 Å². The lowest BCUT2D eigenvalue weighted by molar-refractivity contribution is -0.132. The lowest BCUT2D eigenvalue weighted by atomic mass is 9.91. The van der Waals surface area contributed by atoms with E-state index in [1.807, 2.05) is 18.7 Å². The quantitative estimate of drug-likeness (QED) is 0.454. The molecule has 1 fully saturated rings. The third-order valence-electron chi connectivity index (χ3n) is 6.62. The van der Waals surface area contributed by atoms with Gasteiger partial charge in [-0.1, -0.05) is 0 Å². The van der Waals surface area contributed by atoms with E-state index >= 15 is 0 Å². The number of ether oxygens (including phenoxy) is 2. The first-order valence-electron chi connectivity index (χ1n) is 12.9. The zero-order chi connectivity index (χ0) is 28.5. The second kappa shape index (κ2) is 10.9. The fraction of sp³-hybridized carbons (Fsp3) is 0.556. The van der Waals surface area contributed by atoms with Gasteiger partial charge in [-0.2, -0.15) is 4.98 Å². The van der Waals surface area contributed by atoms with Crippen molar-refractivity contribution in [1.82, 2.24) is 15.2 Å². The Morgan fingerprint density at radius 3 is 2.72 bits per heavy atom. The molecule has 1 saturated heterocycles. The van der Waals surface area contributed by atoms with Gasteiger partial charge in [0.05, 0.1) is 29.4 Å². The molecule has 4 rings (SSSR count). The van der Waals surface area contributed by atoms with Crippen LogP contribution in [0.2, 0.25) is 0 Å². The van der Waals surface area contributed by atoms with E-state index in [-0.39, 0.29) is 47.2 Å². The number of nitrogens with zero attached hydrogens (tertiary/aromatic N) is 3. The first kappa shape index (κ1) is 28.4. The molecule has 3 N–H and O–H groups in total. The number of carbonyl (C=O) groups excluding carboxylic acids is 3. The van der Waals surface area contributed by atoms with Crippen LogP contribution in [0.1, 0.15) is 61.1 Å². The normalized spacial score (nSPS) is 18.8. The van der Waals surface area contributed by atoms with Gasteiger partial charge in [-0.15, -0.1) is 0 Å². The summed E-state index contributed by atoms with van der Waals surface area (Å²) in [4.78, 5) is 46.5. The van der Waals surface area contributed by atoms with Gasteiger partial charge in [0, 0.05) is 45.6 Å². The number of nitrogens with one attached hydrogen (secondary N) is 2. The smallest absolute Gasteiger partial charge is 0.259 e. The maximum atomic E-state index is 13.3. The van der Waals surface area contributed by atoms with Crippen LogP contribution in [0.5, 0.6) is 5.88 Å². The number of piperazine rings is 1. The van der Waals surface area contributed by atoms with Gasteiger partial charge in [0.1, 0.15) is 30.1 Å². The Morgan fingerprint density at radius 1 is 1.31 bits per heavy atom. The number of hydrogen-bond donors (Lipinski definition) is 3. The van der Waals surface area contributed by atoms with Crippen molar-refractivity contribution in [1.29, 1.82) is 0 Å². The Balaban J connectivity index is 1.59. The summed E-state index contributed by atoms with van der Waals surface area (Å²) in [6.45, 7) is 10.4. The minimum absolute atomic E-state index is 0.0180. The third kappa shape index (κ3) is 6.51. The first-order valence-corrected chi connectivity index (χ1v) is 12.9. The minimum Gasteiger partial charge on any atom is -0.473 e. The van der Waals surface area contributed by atoms with E-state index in [1.54, 1.807) is 38.0 Å². The molecular formula is C27H37N5O7. The van der Waals surface area contributed by atoms with E-state index in [2.05, 4.69) is 15.6 Å². The van der Waals surface area contributed by atoms with Crippen LogP contribution in [-0.4, -0.2) is 89.9 Å². The molecule has 0 spiro atoms. The lowest BCUT2D eigenvalue weighted by Crippen LogP contribution is -2.56. The standard InChI is InChI=1S/C27H37N5O7/c1-16(33)32-10-9-31(12-17(32)13-37-6)21-8-7-19(25(29-21)39-15-27(4,5)36)28-23(34)18-14-38-20-11-26(2,3)30-24(35)22(18)20/h7-8,14,17,36H,9-13,15H2,1-6H3,(H,28,34)(H,30,35)/t17-/m0/s1. The second-order valence-electron chi connectivity index (χ2n) is 11.3. The summed E-state index contributed by atoms with van der Waals surface area (Å²) in [5.74, 6) is 0.218. The van der Waals surface area contributed by atoms with E-state index < -0.39 is 17.0 Å². The van der Waals surface area contributed by atoms with Crippen molar-refractivity contribution in [3.8, 4) is 5.88 Å². The molecule has 0 unspecified atom stereocenters. The number of aliphatic hydroxyl groups is 1. The maximum Gasteiger partial charge on any atom is 0.259 e. The molecule has 0 saturated carbocycles. The number of amides is 3. The minimum atomic E-state index is -1.15. The molecule has 0 aliphatic carbocycles. The number of furan rings is 1. The molecule has 0 bridgehead atoms. The van der Waals surface area contributed by atoms with Gasteiger partial charge in [0.2, 0.25) is 11.8 Å². The van der Waals surface area contributed by atoms with E-state index in [9.17, 15) is 19.5 Å². The van der Waals surface area contributed by atoms with Crippen molar-refractivity contribution in [3.05, 3.63) is 35.3 Å². The Kier molecular flexibility index (Phi) is 7.89. The highest BCUT2D eigenvalue weighted by Gasteiger charge is 2.36. The Bertz CT molecular complexity index is 1250. The van der Waals surface area contributed by atoms with Crippen LogP contribution in [0.25, 0.3) is 0 Å². The Labute approximate surface area is 227 Å². The van der Waals surface area contributed by atoms with Gasteiger partial charge in [0.15, 0.2) is 0 Å². The maximum absolute atomic E-state index is 13.3. The van der Waals surface area contributed by atoms with E-state index in [0.717, 1.165) is 0 Å². The van der Waals surface area contributed by atoms with Crippen molar-refractivity contribution in [2.24, 2.45) is 0 Å². The highest BCUT2D eigenvalue weighted by molar-refractivity contribution is 6.13. The number of methoxy groups -OCH3 is 1. The van der Waals surface area contributed by atoms with E-state index in [1.165, 1.54) is 13.2 Å². The average molecular weight is 544 g/mol. The molecule has 2 aromatic heterocycles. The summed E-state index contributed by atoms with van der Waals surface area (Å²) in [7, 11) is 1.59. The SMILES string of the molecule is COC[C@@H]1CN(c2ccc(NC(=O)c3coc4c3C(=O)NC(C)(C)C4)c(OCC(C)(C)O)n2)CCN1C(C)=O. The second-order valence-corrected chi connectivity index (χ2v) is 11.3. The number of anilines is 2. The molecule has 3 amide bonds. The highest BCUT2D eigenvalue weighted by Crippen LogP contribution is 2.31. The van der Waals surface area contributed by atoms with Crippen molar-refractivity contribution < 1.29 is 33.4 Å². The summed E-state index contributed by atoms with van der Waals surface area (Å²) in [5.41, 5.74) is -1.04. The van der Waals surface area contributed by atoms with Gasteiger partial charge in [-0.3, -0.25) is 14.4 Å². The van der Waals surface area contributed by atoms with Gasteiger partial charge in [-0.05, 0) is 39.8 Å². The number of fused-ring (bicyclic) bond motifs is 1. The molecule has 212 valence electrons. The van der Waals surface area contributed by atoms with Crippen molar-refractivity contribution in [2.45, 2.75) is 58.2 Å². The highest BCUT2D eigenvalue weighted by atomic mass is 16.5. The van der Waals surface area contributed by atoms with Crippen LogP contribution >= 0.6 is 0 Å². The summed E-state index contributed by atoms with van der Waals surface area (Å²) >= 11 is 0. The lowest BCUT2D eigenvalue weighted by Gasteiger charge is -2.41. The largest absolute Gasteiger partial charge is 0.473 e. The summed E-state index contributed by atoms with van der Waals surface area (Å²) < 4.78 is 16.8. The van der Waals surface area contributed by atoms with Gasteiger partial charge >= 0.3 is 0 Å². The Hall–Kier alpha value is -3.64. The molecule has 2 aliphatic heterocycles. The van der Waals surface area contributed by atoms with Crippen molar-refractivity contribution >= 4 is 29.2 Å². The number of pyridine rings is 1. The van der Waals surface area contributed by atoms with Gasteiger partial charge < -0.3 is 39.4 Å². The molecule has 1 atom stereocenters. The van der Waals surface area contributed by atoms with Crippen LogP contribution in [0, 0.1) is 0 Å². The monoisotopic (exact) mass is 543 g/mol. The number of carbonyl (C=O) groups is 3. The molecule has 39 heavy (non-hydrogen) atoms. The number of aromatic nitrogens is 1. The molecule has 2 aliphatic rings. The third-order valence-corrected chi connectivity index (χ3v) is 6.62. The van der Waals surface area contributed by atoms with Crippen LogP contribution in [-0.2, 0) is 16.0 Å². The molecule has 12 heteroatoms. The van der Waals surface area contributed by atoms with Crippen LogP contribution < -0.4 is 20.3 Å². The van der Waals surface area contributed by atoms with Gasteiger partial charge in [0.25, 0.3) is 11.8 Å². The van der Waals surface area contributed by atoms with E-state index in [0.29, 0.717) is 44.2 Å². The van der Waals surface area contributed by atoms with E-state index in [4.69, 9.17) is 13.9 Å². The number of rotatable bonds is 8. The van der Waals surface area contributed by atoms with Gasteiger partial charge in [-0.25, -0.2) is 0 Å².